The third-order valence-corrected chi connectivity index (χ3v) is 4.86. The average molecular weight is 374 g/mol. The van der Waals surface area contributed by atoms with E-state index in [1.807, 2.05) is 60.7 Å². The summed E-state index contributed by atoms with van der Waals surface area (Å²) in [5.41, 5.74) is 2.55. The van der Waals surface area contributed by atoms with Crippen LogP contribution in [0.15, 0.2) is 77.6 Å². The first-order valence-electron chi connectivity index (χ1n) is 8.19. The summed E-state index contributed by atoms with van der Waals surface area (Å²) in [4.78, 5) is 29.1. The van der Waals surface area contributed by atoms with Gasteiger partial charge in [0, 0.05) is 11.6 Å². The molecule has 6 nitrogen and oxygen atoms in total. The first-order chi connectivity index (χ1) is 13.2. The van der Waals surface area contributed by atoms with Crippen LogP contribution in [0.1, 0.15) is 10.5 Å². The van der Waals surface area contributed by atoms with Crippen molar-refractivity contribution in [3.05, 3.63) is 88.8 Å². The number of thiazole rings is 1. The van der Waals surface area contributed by atoms with Crippen molar-refractivity contribution in [3.8, 4) is 21.7 Å². The molecule has 4 rings (SSSR count). The van der Waals surface area contributed by atoms with E-state index in [0.29, 0.717) is 5.13 Å². The Morgan fingerprint density at radius 1 is 0.889 bits per heavy atom. The predicted molar refractivity (Wildman–Crippen MR) is 106 cm³/mol. The van der Waals surface area contributed by atoms with Crippen molar-refractivity contribution in [1.29, 1.82) is 0 Å². The number of aromatic amines is 1. The molecule has 2 heterocycles. The van der Waals surface area contributed by atoms with Gasteiger partial charge in [-0.1, -0.05) is 72.0 Å². The van der Waals surface area contributed by atoms with Crippen molar-refractivity contribution in [2.24, 2.45) is 0 Å². The Hall–Kier alpha value is -3.58. The van der Waals surface area contributed by atoms with Crippen LogP contribution in [0.2, 0.25) is 0 Å². The zero-order valence-electron chi connectivity index (χ0n) is 14.0. The zero-order chi connectivity index (χ0) is 18.6. The number of hydrogen-bond acceptors (Lipinski definition) is 5. The standard InChI is InChI=1S/C20H14N4O2S/c25-16-12-11-15(23-24-16)19(26)22-20-21-17(13-7-3-1-4-8-13)18(27-20)14-9-5-2-6-10-14/h1-12H,(H,24,25)(H,21,22,26). The molecule has 7 heteroatoms. The summed E-state index contributed by atoms with van der Waals surface area (Å²) in [5.74, 6) is -0.431. The summed E-state index contributed by atoms with van der Waals surface area (Å²) in [6.45, 7) is 0. The highest BCUT2D eigenvalue weighted by Gasteiger charge is 2.17. The van der Waals surface area contributed by atoms with Crippen molar-refractivity contribution in [3.63, 3.8) is 0 Å². The van der Waals surface area contributed by atoms with Crippen molar-refractivity contribution in [2.75, 3.05) is 5.32 Å². The number of rotatable bonds is 4. The Bertz CT molecular complexity index is 1060. The number of aromatic nitrogens is 3. The fraction of sp³-hybridized carbons (Fsp3) is 0. The van der Waals surface area contributed by atoms with Gasteiger partial charge in [-0.15, -0.1) is 0 Å². The average Bonchev–Trinajstić information content (AvgIpc) is 3.13. The topological polar surface area (TPSA) is 87.7 Å². The second-order valence-corrected chi connectivity index (χ2v) is 6.69. The number of nitrogens with zero attached hydrogens (tertiary/aromatic N) is 2. The molecule has 0 spiro atoms. The van der Waals surface area contributed by atoms with Gasteiger partial charge >= 0.3 is 0 Å². The third kappa shape index (κ3) is 3.68. The number of hydrogen-bond donors (Lipinski definition) is 2. The molecule has 0 aliphatic heterocycles. The maximum Gasteiger partial charge on any atom is 0.277 e. The Morgan fingerprint density at radius 3 is 2.19 bits per heavy atom. The van der Waals surface area contributed by atoms with Gasteiger partial charge in [0.2, 0.25) is 0 Å². The SMILES string of the molecule is O=C(Nc1nc(-c2ccccc2)c(-c2ccccc2)s1)c1ccc(=O)[nH]n1. The van der Waals surface area contributed by atoms with E-state index < -0.39 is 5.91 Å². The molecule has 0 bridgehead atoms. The Morgan fingerprint density at radius 2 is 1.56 bits per heavy atom. The van der Waals surface area contributed by atoms with E-state index >= 15 is 0 Å². The quantitative estimate of drug-likeness (QED) is 0.568. The molecule has 0 aliphatic carbocycles. The van der Waals surface area contributed by atoms with E-state index in [9.17, 15) is 9.59 Å². The Labute approximate surface area is 158 Å². The minimum absolute atomic E-state index is 0.118. The van der Waals surface area contributed by atoms with Gasteiger partial charge in [-0.3, -0.25) is 14.9 Å². The van der Waals surface area contributed by atoms with Crippen LogP contribution in [0.3, 0.4) is 0 Å². The summed E-state index contributed by atoms with van der Waals surface area (Å²) in [7, 11) is 0. The van der Waals surface area contributed by atoms with E-state index in [-0.39, 0.29) is 11.3 Å². The molecule has 0 saturated carbocycles. The van der Waals surface area contributed by atoms with Crippen LogP contribution in [0.5, 0.6) is 0 Å². The molecule has 27 heavy (non-hydrogen) atoms. The molecule has 0 unspecified atom stereocenters. The van der Waals surface area contributed by atoms with Crippen molar-refractivity contribution in [1.82, 2.24) is 15.2 Å². The van der Waals surface area contributed by atoms with Gasteiger partial charge in [0.25, 0.3) is 11.5 Å². The van der Waals surface area contributed by atoms with E-state index in [2.05, 4.69) is 20.5 Å². The van der Waals surface area contributed by atoms with Crippen LogP contribution in [0.25, 0.3) is 21.7 Å². The predicted octanol–water partition coefficient (Wildman–Crippen LogP) is 3.81. The van der Waals surface area contributed by atoms with Gasteiger partial charge in [0.05, 0.1) is 10.6 Å². The summed E-state index contributed by atoms with van der Waals surface area (Å²) in [6, 6.07) is 22.3. The number of nitrogens with one attached hydrogen (secondary N) is 2. The molecule has 4 aromatic rings. The van der Waals surface area contributed by atoms with Gasteiger partial charge in [-0.05, 0) is 11.6 Å². The number of amides is 1. The molecule has 0 aliphatic rings. The largest absolute Gasteiger partial charge is 0.296 e. The zero-order valence-corrected chi connectivity index (χ0v) is 14.9. The lowest BCUT2D eigenvalue weighted by atomic mass is 10.1. The fourth-order valence-corrected chi connectivity index (χ4v) is 3.57. The first-order valence-corrected chi connectivity index (χ1v) is 9.01. The molecule has 0 saturated heterocycles. The van der Waals surface area contributed by atoms with Gasteiger partial charge in [-0.25, -0.2) is 10.1 Å². The van der Waals surface area contributed by atoms with E-state index in [0.717, 1.165) is 21.7 Å². The smallest absolute Gasteiger partial charge is 0.277 e. The lowest BCUT2D eigenvalue weighted by molar-refractivity contribution is 0.102. The van der Waals surface area contributed by atoms with Crippen LogP contribution in [0.4, 0.5) is 5.13 Å². The minimum Gasteiger partial charge on any atom is -0.296 e. The summed E-state index contributed by atoms with van der Waals surface area (Å²) in [5, 5.41) is 9.22. The number of carbonyl (C=O) groups excluding carboxylic acids is 1. The minimum atomic E-state index is -0.431. The van der Waals surface area contributed by atoms with Crippen LogP contribution in [-0.4, -0.2) is 21.1 Å². The van der Waals surface area contributed by atoms with Gasteiger partial charge in [0.1, 0.15) is 5.69 Å². The number of H-pyrrole nitrogens is 1. The van der Waals surface area contributed by atoms with E-state index in [4.69, 9.17) is 0 Å². The van der Waals surface area contributed by atoms with Crippen LogP contribution in [0, 0.1) is 0 Å². The van der Waals surface area contributed by atoms with Crippen LogP contribution in [-0.2, 0) is 0 Å². The summed E-state index contributed by atoms with van der Waals surface area (Å²) < 4.78 is 0. The first kappa shape index (κ1) is 16.9. The second-order valence-electron chi connectivity index (χ2n) is 5.69. The van der Waals surface area contributed by atoms with Crippen LogP contribution >= 0.6 is 11.3 Å². The molecule has 2 N–H and O–H groups in total. The number of anilines is 1. The molecule has 2 aromatic heterocycles. The van der Waals surface area contributed by atoms with Gasteiger partial charge in [0.15, 0.2) is 5.13 Å². The van der Waals surface area contributed by atoms with E-state index in [1.165, 1.54) is 23.5 Å². The van der Waals surface area contributed by atoms with Crippen LogP contribution < -0.4 is 10.9 Å². The molecule has 132 valence electrons. The van der Waals surface area contributed by atoms with Gasteiger partial charge < -0.3 is 0 Å². The molecule has 2 aromatic carbocycles. The van der Waals surface area contributed by atoms with Gasteiger partial charge in [-0.2, -0.15) is 5.10 Å². The maximum absolute atomic E-state index is 12.4. The monoisotopic (exact) mass is 374 g/mol. The fourth-order valence-electron chi connectivity index (χ4n) is 2.58. The number of carbonyl (C=O) groups is 1. The van der Waals surface area contributed by atoms with Crippen molar-refractivity contribution >= 4 is 22.4 Å². The highest BCUT2D eigenvalue weighted by atomic mass is 32.1. The highest BCUT2D eigenvalue weighted by molar-refractivity contribution is 7.19. The molecular weight excluding hydrogens is 360 g/mol. The summed E-state index contributed by atoms with van der Waals surface area (Å²) in [6.07, 6.45) is 0. The Kier molecular flexibility index (Phi) is 4.59. The third-order valence-electron chi connectivity index (χ3n) is 3.84. The van der Waals surface area contributed by atoms with E-state index in [1.54, 1.807) is 0 Å². The normalized spacial score (nSPS) is 10.5. The van der Waals surface area contributed by atoms with Crippen molar-refractivity contribution < 1.29 is 4.79 Å². The molecular formula is C20H14N4O2S. The second kappa shape index (κ2) is 7.35. The maximum atomic E-state index is 12.4. The lowest BCUT2D eigenvalue weighted by Gasteiger charge is -2.02. The molecule has 0 atom stereocenters. The van der Waals surface area contributed by atoms with Crippen molar-refractivity contribution in [2.45, 2.75) is 0 Å². The highest BCUT2D eigenvalue weighted by Crippen LogP contribution is 2.38. The molecule has 0 radical (unpaired) electrons. The number of benzene rings is 2. The lowest BCUT2D eigenvalue weighted by Crippen LogP contribution is -2.17. The molecule has 0 fully saturated rings. The Balaban J connectivity index is 1.72. The summed E-state index contributed by atoms with van der Waals surface area (Å²) >= 11 is 1.39. The molecule has 1 amide bonds.